The summed E-state index contributed by atoms with van der Waals surface area (Å²) in [7, 11) is 0. The molecule has 114 valence electrons. The molecule has 0 spiro atoms. The minimum atomic E-state index is -0.107. The van der Waals surface area contributed by atoms with Crippen molar-refractivity contribution in [2.75, 3.05) is 5.32 Å². The molecule has 1 unspecified atom stereocenters. The van der Waals surface area contributed by atoms with Gasteiger partial charge < -0.3 is 5.32 Å². The first-order valence-corrected chi connectivity index (χ1v) is 8.79. The predicted molar refractivity (Wildman–Crippen MR) is 92.5 cm³/mol. The Morgan fingerprint density at radius 3 is 2.90 bits per heavy atom. The molecule has 2 heterocycles. The van der Waals surface area contributed by atoms with Crippen molar-refractivity contribution in [3.8, 4) is 0 Å². The molecule has 0 radical (unpaired) electrons. The highest BCUT2D eigenvalue weighted by atomic mass is 79.9. The highest BCUT2D eigenvalue weighted by molar-refractivity contribution is 9.10. The summed E-state index contributed by atoms with van der Waals surface area (Å²) in [4.78, 5) is 13.3. The molecule has 0 aliphatic carbocycles. The molecule has 0 amide bonds. The minimum Gasteiger partial charge on any atom is -0.375 e. The van der Waals surface area contributed by atoms with Crippen molar-refractivity contribution >= 4 is 44.6 Å². The zero-order chi connectivity index (χ0) is 15.4. The number of halogens is 2. The summed E-state index contributed by atoms with van der Waals surface area (Å²) >= 11 is 10.8. The van der Waals surface area contributed by atoms with Crippen LogP contribution in [0.15, 0.2) is 27.6 Å². The number of hydrogen-bond acceptors (Lipinski definition) is 4. The fourth-order valence-corrected chi connectivity index (χ4v) is 3.38. The number of thiophene rings is 1. The highest BCUT2D eigenvalue weighted by Gasteiger charge is 2.13. The van der Waals surface area contributed by atoms with Crippen LogP contribution >= 0.6 is 38.9 Å². The molecular weight excluding hydrogens is 374 g/mol. The first-order valence-electron chi connectivity index (χ1n) is 6.80. The van der Waals surface area contributed by atoms with Gasteiger partial charge in [0.2, 0.25) is 0 Å². The Bertz CT molecular complexity index is 670. The van der Waals surface area contributed by atoms with Gasteiger partial charge in [-0.15, -0.1) is 11.3 Å². The molecule has 0 saturated carbocycles. The second-order valence-corrected chi connectivity index (χ2v) is 7.30. The van der Waals surface area contributed by atoms with Crippen molar-refractivity contribution in [1.82, 2.24) is 9.78 Å². The molecule has 2 aromatic heterocycles. The number of anilines is 1. The maximum Gasteiger partial charge on any atom is 0.283 e. The van der Waals surface area contributed by atoms with Gasteiger partial charge in [-0.2, -0.15) is 5.10 Å². The highest BCUT2D eigenvalue weighted by Crippen LogP contribution is 2.30. The quantitative estimate of drug-likeness (QED) is 0.778. The van der Waals surface area contributed by atoms with E-state index in [0.29, 0.717) is 16.7 Å². The molecule has 1 atom stereocenters. The molecule has 0 aliphatic rings. The number of rotatable bonds is 6. The van der Waals surface area contributed by atoms with Crippen LogP contribution in [0.5, 0.6) is 0 Å². The molecule has 0 fully saturated rings. The van der Waals surface area contributed by atoms with Gasteiger partial charge >= 0.3 is 0 Å². The van der Waals surface area contributed by atoms with Gasteiger partial charge in [-0.1, -0.05) is 24.9 Å². The summed E-state index contributed by atoms with van der Waals surface area (Å²) in [6, 6.07) is 3.91. The van der Waals surface area contributed by atoms with E-state index >= 15 is 0 Å². The van der Waals surface area contributed by atoms with E-state index in [0.717, 1.165) is 22.1 Å². The zero-order valence-corrected chi connectivity index (χ0v) is 15.1. The third-order valence-electron chi connectivity index (χ3n) is 3.10. The fourth-order valence-electron chi connectivity index (χ4n) is 1.90. The van der Waals surface area contributed by atoms with Gasteiger partial charge in [0.1, 0.15) is 4.47 Å². The van der Waals surface area contributed by atoms with Crippen LogP contribution in [0.1, 0.15) is 37.6 Å². The fraction of sp³-hybridized carbons (Fsp3) is 0.429. The molecular formula is C14H17BrClN3OS. The van der Waals surface area contributed by atoms with Crippen molar-refractivity contribution in [2.24, 2.45) is 0 Å². The molecule has 4 nitrogen and oxygen atoms in total. The molecule has 2 rings (SSSR count). The predicted octanol–water partition coefficient (Wildman–Crippen LogP) is 4.69. The summed E-state index contributed by atoms with van der Waals surface area (Å²) in [5.74, 6) is 0. The van der Waals surface area contributed by atoms with Crippen LogP contribution < -0.4 is 10.9 Å². The normalized spacial score (nSPS) is 12.4. The Balaban J connectivity index is 2.17. The Labute approximate surface area is 141 Å². The number of nitrogens with zero attached hydrogens (tertiary/aromatic N) is 2. The van der Waals surface area contributed by atoms with E-state index in [1.165, 1.54) is 16.0 Å². The minimum absolute atomic E-state index is 0.0616. The van der Waals surface area contributed by atoms with Crippen molar-refractivity contribution < 1.29 is 0 Å². The van der Waals surface area contributed by atoms with Crippen LogP contribution in [0.2, 0.25) is 4.34 Å². The number of aromatic nitrogens is 2. The Kier molecular flexibility index (Phi) is 5.84. The molecule has 0 saturated heterocycles. The summed E-state index contributed by atoms with van der Waals surface area (Å²) in [6.45, 7) is 4.76. The van der Waals surface area contributed by atoms with Crippen molar-refractivity contribution in [2.45, 2.75) is 39.3 Å². The third-order valence-corrected chi connectivity index (χ3v) is 5.28. The van der Waals surface area contributed by atoms with Crippen LogP contribution in [0.3, 0.4) is 0 Å². The first kappa shape index (κ1) is 16.5. The van der Waals surface area contributed by atoms with Gasteiger partial charge in [-0.25, -0.2) is 4.68 Å². The van der Waals surface area contributed by atoms with Crippen molar-refractivity contribution in [1.29, 1.82) is 0 Å². The lowest BCUT2D eigenvalue weighted by atomic mass is 10.2. The number of hydrogen-bond donors (Lipinski definition) is 1. The smallest absolute Gasteiger partial charge is 0.283 e. The van der Waals surface area contributed by atoms with E-state index in [9.17, 15) is 4.79 Å². The molecule has 21 heavy (non-hydrogen) atoms. The first-order chi connectivity index (χ1) is 10.0. The van der Waals surface area contributed by atoms with E-state index < -0.39 is 0 Å². The van der Waals surface area contributed by atoms with E-state index in [1.807, 2.05) is 19.1 Å². The average molecular weight is 391 g/mol. The maximum atomic E-state index is 12.2. The lowest BCUT2D eigenvalue weighted by Gasteiger charge is -2.15. The van der Waals surface area contributed by atoms with Crippen molar-refractivity contribution in [3.05, 3.63) is 42.4 Å². The van der Waals surface area contributed by atoms with Gasteiger partial charge in [0.25, 0.3) is 5.56 Å². The summed E-state index contributed by atoms with van der Waals surface area (Å²) in [5.41, 5.74) is 0.592. The molecule has 0 aliphatic heterocycles. The van der Waals surface area contributed by atoms with Gasteiger partial charge in [-0.05, 0) is 41.4 Å². The lowest BCUT2D eigenvalue weighted by Crippen LogP contribution is -2.25. The summed E-state index contributed by atoms with van der Waals surface area (Å²) < 4.78 is 2.76. The summed E-state index contributed by atoms with van der Waals surface area (Å²) in [5, 5.41) is 7.51. The second kappa shape index (κ2) is 7.42. The van der Waals surface area contributed by atoms with E-state index in [1.54, 1.807) is 6.20 Å². The van der Waals surface area contributed by atoms with Crippen LogP contribution in [-0.4, -0.2) is 9.78 Å². The van der Waals surface area contributed by atoms with E-state index in [2.05, 4.69) is 33.3 Å². The van der Waals surface area contributed by atoms with Crippen molar-refractivity contribution in [3.63, 3.8) is 0 Å². The van der Waals surface area contributed by atoms with Crippen LogP contribution in [0.25, 0.3) is 0 Å². The average Bonchev–Trinajstić information content (AvgIpc) is 2.90. The molecule has 0 bridgehead atoms. The van der Waals surface area contributed by atoms with Gasteiger partial charge in [0.15, 0.2) is 0 Å². The number of unbranched alkanes of at least 4 members (excludes halogenated alkanes) is 1. The summed E-state index contributed by atoms with van der Waals surface area (Å²) in [6.07, 6.45) is 3.66. The van der Waals surface area contributed by atoms with E-state index in [-0.39, 0.29) is 11.6 Å². The standard InChI is InChI=1S/C14H17BrClN3OS/c1-3-4-7-19-14(20)13(15)10(8-17-19)18-9(2)11-5-6-12(16)21-11/h5-6,8-9,18H,3-4,7H2,1-2H3. The number of nitrogens with one attached hydrogen (secondary N) is 1. The van der Waals surface area contributed by atoms with Gasteiger partial charge in [0.05, 0.1) is 22.3 Å². The van der Waals surface area contributed by atoms with Crippen LogP contribution in [0.4, 0.5) is 5.69 Å². The molecule has 2 aromatic rings. The molecule has 1 N–H and O–H groups in total. The lowest BCUT2D eigenvalue weighted by molar-refractivity contribution is 0.541. The number of aryl methyl sites for hydroxylation is 1. The SMILES string of the molecule is CCCCn1ncc(NC(C)c2ccc(Cl)s2)c(Br)c1=O. The zero-order valence-electron chi connectivity index (χ0n) is 11.9. The third kappa shape index (κ3) is 4.08. The Morgan fingerprint density at radius 2 is 2.29 bits per heavy atom. The topological polar surface area (TPSA) is 46.9 Å². The Morgan fingerprint density at radius 1 is 1.52 bits per heavy atom. The maximum absolute atomic E-state index is 12.2. The molecule has 7 heteroatoms. The van der Waals surface area contributed by atoms with Crippen LogP contribution in [-0.2, 0) is 6.54 Å². The monoisotopic (exact) mass is 389 g/mol. The Hall–Kier alpha value is -0.850. The van der Waals surface area contributed by atoms with Gasteiger partial charge in [-0.3, -0.25) is 4.79 Å². The van der Waals surface area contributed by atoms with E-state index in [4.69, 9.17) is 11.6 Å². The van der Waals surface area contributed by atoms with Gasteiger partial charge in [0, 0.05) is 11.4 Å². The second-order valence-electron chi connectivity index (χ2n) is 4.76. The molecule has 0 aromatic carbocycles. The largest absolute Gasteiger partial charge is 0.375 e. The van der Waals surface area contributed by atoms with Crippen LogP contribution in [0, 0.1) is 0 Å².